The second-order valence-corrected chi connectivity index (χ2v) is 4.29. The molecule has 3 aromatic heterocycles. The summed E-state index contributed by atoms with van der Waals surface area (Å²) in [5, 5.41) is 10.6. The van der Waals surface area contributed by atoms with Crippen molar-refractivity contribution in [3.8, 4) is 5.82 Å². The third-order valence-electron chi connectivity index (χ3n) is 2.86. The monoisotopic (exact) mass is 280 g/mol. The van der Waals surface area contributed by atoms with E-state index in [1.165, 1.54) is 0 Å². The van der Waals surface area contributed by atoms with Gasteiger partial charge in [0.2, 0.25) is 0 Å². The van der Waals surface area contributed by atoms with Crippen LogP contribution in [-0.4, -0.2) is 30.6 Å². The number of anilines is 1. The van der Waals surface area contributed by atoms with Crippen molar-refractivity contribution in [2.24, 2.45) is 0 Å². The maximum absolute atomic E-state index is 12.0. The normalized spacial score (nSPS) is 10.3. The second-order valence-electron chi connectivity index (χ2n) is 4.29. The van der Waals surface area contributed by atoms with Gasteiger partial charge >= 0.3 is 0 Å². The zero-order valence-corrected chi connectivity index (χ0v) is 11.3. The molecule has 0 radical (unpaired) electrons. The summed E-state index contributed by atoms with van der Waals surface area (Å²) in [5.74, 6) is 1.53. The molecule has 0 bridgehead atoms. The summed E-state index contributed by atoms with van der Waals surface area (Å²) >= 11 is 0. The largest absolute Gasteiger partial charge is 0.305 e. The van der Waals surface area contributed by atoms with Gasteiger partial charge in [-0.1, -0.05) is 6.07 Å². The molecule has 21 heavy (non-hydrogen) atoms. The van der Waals surface area contributed by atoms with E-state index >= 15 is 0 Å². The topological polar surface area (TPSA) is 85.6 Å². The highest BCUT2D eigenvalue weighted by molar-refractivity contribution is 6.02. The Morgan fingerprint density at radius 3 is 2.62 bits per heavy atom. The van der Waals surface area contributed by atoms with Crippen LogP contribution in [0.15, 0.2) is 48.9 Å². The van der Waals surface area contributed by atoms with Crippen molar-refractivity contribution in [1.29, 1.82) is 0 Å². The van der Waals surface area contributed by atoms with E-state index in [9.17, 15) is 4.79 Å². The average Bonchev–Trinajstić information content (AvgIpc) is 2.94. The zero-order valence-electron chi connectivity index (χ0n) is 11.3. The molecule has 0 saturated heterocycles. The Morgan fingerprint density at radius 1 is 1.10 bits per heavy atom. The van der Waals surface area contributed by atoms with Gasteiger partial charge in [-0.3, -0.25) is 9.36 Å². The minimum atomic E-state index is -0.352. The molecule has 3 rings (SSSR count). The number of nitrogens with zero attached hydrogens (tertiary/aromatic N) is 5. The van der Waals surface area contributed by atoms with Crippen molar-refractivity contribution in [2.75, 3.05) is 5.32 Å². The molecule has 0 unspecified atom stereocenters. The van der Waals surface area contributed by atoms with E-state index in [-0.39, 0.29) is 11.6 Å². The van der Waals surface area contributed by atoms with Gasteiger partial charge in [0.05, 0.1) is 0 Å². The van der Waals surface area contributed by atoms with Crippen LogP contribution < -0.4 is 5.32 Å². The summed E-state index contributed by atoms with van der Waals surface area (Å²) in [6, 6.07) is 8.60. The number of nitrogens with one attached hydrogen (secondary N) is 1. The van der Waals surface area contributed by atoms with Crippen LogP contribution in [0, 0.1) is 6.92 Å². The fourth-order valence-corrected chi connectivity index (χ4v) is 1.81. The van der Waals surface area contributed by atoms with Crippen molar-refractivity contribution in [2.45, 2.75) is 6.92 Å². The molecule has 1 N–H and O–H groups in total. The van der Waals surface area contributed by atoms with Gasteiger partial charge in [0.25, 0.3) is 5.91 Å². The lowest BCUT2D eigenvalue weighted by molar-refractivity contribution is 0.102. The molecule has 0 saturated carbocycles. The maximum atomic E-state index is 12.0. The molecule has 0 fully saturated rings. The minimum absolute atomic E-state index is 0.224. The van der Waals surface area contributed by atoms with Crippen molar-refractivity contribution >= 4 is 11.7 Å². The number of hydrogen-bond acceptors (Lipinski definition) is 5. The molecule has 0 aliphatic rings. The number of carbonyl (C=O) groups is 1. The van der Waals surface area contributed by atoms with E-state index in [1.807, 2.05) is 6.92 Å². The number of carbonyl (C=O) groups excluding carboxylic acids is 1. The minimum Gasteiger partial charge on any atom is -0.305 e. The first-order chi connectivity index (χ1) is 10.2. The van der Waals surface area contributed by atoms with Gasteiger partial charge in [0.15, 0.2) is 11.5 Å². The second kappa shape index (κ2) is 5.49. The third kappa shape index (κ3) is 2.76. The molecular weight excluding hydrogens is 268 g/mol. The molecule has 0 aromatic carbocycles. The van der Waals surface area contributed by atoms with Crippen LogP contribution in [0.4, 0.5) is 5.82 Å². The van der Waals surface area contributed by atoms with E-state index in [0.717, 1.165) is 5.82 Å². The van der Waals surface area contributed by atoms with Crippen molar-refractivity contribution in [3.05, 3.63) is 60.4 Å². The Balaban J connectivity index is 1.78. The lowest BCUT2D eigenvalue weighted by Gasteiger charge is -2.05. The van der Waals surface area contributed by atoms with Gasteiger partial charge in [-0.25, -0.2) is 9.97 Å². The van der Waals surface area contributed by atoms with Gasteiger partial charge in [0.1, 0.15) is 11.6 Å². The Bertz CT molecular complexity index is 751. The summed E-state index contributed by atoms with van der Waals surface area (Å²) in [6.07, 6.45) is 5.07. The maximum Gasteiger partial charge on any atom is 0.277 e. The van der Waals surface area contributed by atoms with Crippen LogP contribution in [0.3, 0.4) is 0 Å². The SMILES string of the molecule is Cc1nccn1-c1ccc(C(=O)Nc2ccccn2)nn1. The zero-order chi connectivity index (χ0) is 14.7. The van der Waals surface area contributed by atoms with Gasteiger partial charge < -0.3 is 5.32 Å². The number of hydrogen-bond donors (Lipinski definition) is 1. The quantitative estimate of drug-likeness (QED) is 0.788. The molecule has 104 valence electrons. The van der Waals surface area contributed by atoms with Gasteiger partial charge in [-0.2, -0.15) is 0 Å². The van der Waals surface area contributed by atoms with Crippen LogP contribution in [0.25, 0.3) is 5.82 Å². The van der Waals surface area contributed by atoms with Crippen LogP contribution in [0.2, 0.25) is 0 Å². The third-order valence-corrected chi connectivity index (χ3v) is 2.86. The molecule has 1 amide bonds. The summed E-state index contributed by atoms with van der Waals surface area (Å²) in [6.45, 7) is 1.86. The van der Waals surface area contributed by atoms with Crippen LogP contribution in [-0.2, 0) is 0 Å². The molecule has 0 aliphatic carbocycles. The molecule has 7 nitrogen and oxygen atoms in total. The van der Waals surface area contributed by atoms with Gasteiger partial charge in [0, 0.05) is 18.6 Å². The Kier molecular flexibility index (Phi) is 3.38. The summed E-state index contributed by atoms with van der Waals surface area (Å²) in [5.41, 5.74) is 0.224. The van der Waals surface area contributed by atoms with Crippen LogP contribution >= 0.6 is 0 Å². The first-order valence-electron chi connectivity index (χ1n) is 6.30. The Hall–Kier alpha value is -3.09. The smallest absolute Gasteiger partial charge is 0.277 e. The van der Waals surface area contributed by atoms with E-state index in [0.29, 0.717) is 11.6 Å². The van der Waals surface area contributed by atoms with Crippen molar-refractivity contribution in [1.82, 2.24) is 24.7 Å². The number of rotatable bonds is 3. The molecule has 3 heterocycles. The number of amides is 1. The molecular formula is C14H12N6O. The van der Waals surface area contributed by atoms with Gasteiger partial charge in [-0.05, 0) is 31.2 Å². The number of pyridine rings is 1. The molecule has 0 spiro atoms. The fraction of sp³-hybridized carbons (Fsp3) is 0.0714. The van der Waals surface area contributed by atoms with E-state index in [2.05, 4.69) is 25.5 Å². The van der Waals surface area contributed by atoms with Crippen molar-refractivity contribution in [3.63, 3.8) is 0 Å². The highest BCUT2D eigenvalue weighted by Crippen LogP contribution is 2.08. The van der Waals surface area contributed by atoms with E-state index in [1.54, 1.807) is 53.5 Å². The summed E-state index contributed by atoms with van der Waals surface area (Å²) < 4.78 is 1.79. The fourth-order valence-electron chi connectivity index (χ4n) is 1.81. The standard InChI is InChI=1S/C14H12N6O/c1-10-15-8-9-20(10)13-6-5-11(18-19-13)14(21)17-12-4-2-3-7-16-12/h2-9H,1H3,(H,16,17,21). The Labute approximate surface area is 120 Å². The molecule has 3 aromatic rings. The molecule has 7 heteroatoms. The lowest BCUT2D eigenvalue weighted by Crippen LogP contribution is -2.15. The van der Waals surface area contributed by atoms with Crippen LogP contribution in [0.5, 0.6) is 0 Å². The number of aryl methyl sites for hydroxylation is 1. The number of aromatic nitrogens is 5. The predicted octanol–water partition coefficient (Wildman–Crippen LogP) is 1.62. The van der Waals surface area contributed by atoms with Crippen molar-refractivity contribution < 1.29 is 4.79 Å². The molecule has 0 atom stereocenters. The predicted molar refractivity (Wildman–Crippen MR) is 76.1 cm³/mol. The van der Waals surface area contributed by atoms with Gasteiger partial charge in [-0.15, -0.1) is 10.2 Å². The van der Waals surface area contributed by atoms with E-state index < -0.39 is 0 Å². The highest BCUT2D eigenvalue weighted by atomic mass is 16.2. The van der Waals surface area contributed by atoms with E-state index in [4.69, 9.17) is 0 Å². The summed E-state index contributed by atoms with van der Waals surface area (Å²) in [7, 11) is 0. The first-order valence-corrected chi connectivity index (χ1v) is 6.30. The lowest BCUT2D eigenvalue weighted by atomic mass is 10.3. The first kappa shape index (κ1) is 12.9. The van der Waals surface area contributed by atoms with Crippen LogP contribution in [0.1, 0.15) is 16.3 Å². The Morgan fingerprint density at radius 2 is 2.00 bits per heavy atom. The number of imidazole rings is 1. The summed E-state index contributed by atoms with van der Waals surface area (Å²) in [4.78, 5) is 20.1. The molecule has 0 aliphatic heterocycles. The average molecular weight is 280 g/mol. The highest BCUT2D eigenvalue weighted by Gasteiger charge is 2.10.